The minimum Gasteiger partial charge on any atom is -0.332 e. The fraction of sp³-hybridized carbons (Fsp3) is 0.429. The van der Waals surface area contributed by atoms with E-state index in [1.807, 2.05) is 20.8 Å². The first-order chi connectivity index (χ1) is 10.1. The third-order valence-electron chi connectivity index (χ3n) is 3.17. The van der Waals surface area contributed by atoms with Gasteiger partial charge in [0.1, 0.15) is 12.2 Å². The standard InChI is InChI=1S/C14H17ClN4O3/c1-7(20)19-6-10(21)16-9(12(19)22)5-8-11(14(2,3)4)18-13(15)17-8/h5H,6H2,1-4H3,(H,16,21)(H,17,18)/b9-5-. The number of hydrogen-bond acceptors (Lipinski definition) is 4. The number of amides is 3. The Morgan fingerprint density at radius 2 is 2.00 bits per heavy atom. The van der Waals surface area contributed by atoms with Crippen molar-refractivity contribution in [3.8, 4) is 0 Å². The summed E-state index contributed by atoms with van der Waals surface area (Å²) in [5, 5.41) is 2.66. The van der Waals surface area contributed by atoms with Gasteiger partial charge in [-0.2, -0.15) is 0 Å². The van der Waals surface area contributed by atoms with Gasteiger partial charge in [0, 0.05) is 18.0 Å². The molecule has 0 atom stereocenters. The number of piperazine rings is 1. The van der Waals surface area contributed by atoms with Crippen molar-refractivity contribution in [3.05, 3.63) is 22.4 Å². The fourth-order valence-electron chi connectivity index (χ4n) is 2.13. The van der Waals surface area contributed by atoms with Crippen molar-refractivity contribution in [2.45, 2.75) is 33.1 Å². The monoisotopic (exact) mass is 324 g/mol. The number of nitrogens with one attached hydrogen (secondary N) is 2. The Bertz CT molecular complexity index is 685. The van der Waals surface area contributed by atoms with Gasteiger partial charge in [0.2, 0.25) is 17.1 Å². The molecule has 0 bridgehead atoms. The first-order valence-electron chi connectivity index (χ1n) is 6.69. The van der Waals surface area contributed by atoms with E-state index in [9.17, 15) is 14.4 Å². The van der Waals surface area contributed by atoms with Crippen molar-refractivity contribution in [2.24, 2.45) is 0 Å². The second kappa shape index (κ2) is 5.57. The lowest BCUT2D eigenvalue weighted by molar-refractivity contribution is -0.147. The first kappa shape index (κ1) is 16.2. The van der Waals surface area contributed by atoms with E-state index in [1.165, 1.54) is 13.0 Å². The minimum absolute atomic E-state index is 0.000108. The molecule has 0 saturated carbocycles. The number of hydrogen-bond donors (Lipinski definition) is 2. The van der Waals surface area contributed by atoms with Gasteiger partial charge in [-0.1, -0.05) is 20.8 Å². The summed E-state index contributed by atoms with van der Waals surface area (Å²) in [5.74, 6) is -1.48. The van der Waals surface area contributed by atoms with Crippen LogP contribution in [-0.4, -0.2) is 39.1 Å². The quantitative estimate of drug-likeness (QED) is 0.759. The van der Waals surface area contributed by atoms with Crippen molar-refractivity contribution < 1.29 is 14.4 Å². The number of nitrogens with zero attached hydrogens (tertiary/aromatic N) is 2. The molecule has 2 heterocycles. The Labute approximate surface area is 132 Å². The lowest BCUT2D eigenvalue weighted by Crippen LogP contribution is -2.51. The molecule has 0 aromatic carbocycles. The van der Waals surface area contributed by atoms with E-state index in [-0.39, 0.29) is 22.9 Å². The average Bonchev–Trinajstić information content (AvgIpc) is 2.74. The number of imide groups is 1. The van der Waals surface area contributed by atoms with Crippen LogP contribution >= 0.6 is 11.6 Å². The topological polar surface area (TPSA) is 95.2 Å². The predicted molar refractivity (Wildman–Crippen MR) is 80.8 cm³/mol. The maximum absolute atomic E-state index is 12.2. The summed E-state index contributed by atoms with van der Waals surface area (Å²) in [4.78, 5) is 43.3. The zero-order valence-electron chi connectivity index (χ0n) is 12.8. The average molecular weight is 325 g/mol. The summed E-state index contributed by atoms with van der Waals surface area (Å²) in [7, 11) is 0. The van der Waals surface area contributed by atoms with Crippen LogP contribution in [0.3, 0.4) is 0 Å². The molecule has 0 unspecified atom stereocenters. The van der Waals surface area contributed by atoms with Crippen molar-refractivity contribution in [1.29, 1.82) is 0 Å². The molecular weight excluding hydrogens is 308 g/mol. The van der Waals surface area contributed by atoms with Crippen LogP contribution in [0.5, 0.6) is 0 Å². The SMILES string of the molecule is CC(=O)N1CC(=O)N/C(=C\c2nc(Cl)[nH]c2C(C)(C)C)C1=O. The molecular formula is C14H17ClN4O3. The van der Waals surface area contributed by atoms with Gasteiger partial charge < -0.3 is 10.3 Å². The number of aromatic nitrogens is 2. The van der Waals surface area contributed by atoms with Gasteiger partial charge in [-0.25, -0.2) is 4.98 Å². The molecule has 1 saturated heterocycles. The van der Waals surface area contributed by atoms with Crippen LogP contribution in [0, 0.1) is 0 Å². The number of aromatic amines is 1. The fourth-order valence-corrected chi connectivity index (χ4v) is 2.31. The summed E-state index contributed by atoms with van der Waals surface area (Å²) in [5.41, 5.74) is 0.896. The Morgan fingerprint density at radius 1 is 1.36 bits per heavy atom. The van der Waals surface area contributed by atoms with Crippen LogP contribution in [0.1, 0.15) is 39.1 Å². The third-order valence-corrected chi connectivity index (χ3v) is 3.34. The summed E-state index contributed by atoms with van der Waals surface area (Å²) >= 11 is 5.90. The lowest BCUT2D eigenvalue weighted by Gasteiger charge is -2.25. The van der Waals surface area contributed by atoms with Crippen LogP contribution in [0.2, 0.25) is 5.28 Å². The van der Waals surface area contributed by atoms with Crippen molar-refractivity contribution in [2.75, 3.05) is 6.54 Å². The number of halogens is 1. The van der Waals surface area contributed by atoms with E-state index in [0.29, 0.717) is 5.69 Å². The van der Waals surface area contributed by atoms with E-state index in [2.05, 4.69) is 15.3 Å². The molecule has 1 aromatic rings. The predicted octanol–water partition coefficient (Wildman–Crippen LogP) is 1.21. The maximum atomic E-state index is 12.2. The highest BCUT2D eigenvalue weighted by atomic mass is 35.5. The molecule has 0 aliphatic carbocycles. The van der Waals surface area contributed by atoms with Crippen LogP contribution < -0.4 is 5.32 Å². The van der Waals surface area contributed by atoms with Gasteiger partial charge in [0.05, 0.1) is 5.69 Å². The van der Waals surface area contributed by atoms with Crippen LogP contribution in [0.4, 0.5) is 0 Å². The highest BCUT2D eigenvalue weighted by Gasteiger charge is 2.31. The molecule has 2 N–H and O–H groups in total. The Morgan fingerprint density at radius 3 is 2.55 bits per heavy atom. The van der Waals surface area contributed by atoms with E-state index < -0.39 is 17.7 Å². The zero-order valence-corrected chi connectivity index (χ0v) is 13.5. The molecule has 1 aromatic heterocycles. The highest BCUT2D eigenvalue weighted by Crippen LogP contribution is 2.27. The number of rotatable bonds is 1. The Hall–Kier alpha value is -2.15. The van der Waals surface area contributed by atoms with Gasteiger partial charge in [-0.05, 0) is 17.7 Å². The van der Waals surface area contributed by atoms with Crippen LogP contribution in [0.15, 0.2) is 5.70 Å². The molecule has 1 aliphatic rings. The number of carbonyl (C=O) groups excluding carboxylic acids is 3. The van der Waals surface area contributed by atoms with E-state index in [0.717, 1.165) is 10.6 Å². The molecule has 0 spiro atoms. The van der Waals surface area contributed by atoms with Crippen LogP contribution in [-0.2, 0) is 19.8 Å². The first-order valence-corrected chi connectivity index (χ1v) is 7.07. The molecule has 3 amide bonds. The second-order valence-electron chi connectivity index (χ2n) is 6.05. The van der Waals surface area contributed by atoms with E-state index >= 15 is 0 Å². The normalized spacial score (nSPS) is 17.9. The lowest BCUT2D eigenvalue weighted by atomic mass is 9.90. The number of imidazole rings is 1. The molecule has 118 valence electrons. The maximum Gasteiger partial charge on any atom is 0.277 e. The summed E-state index contributed by atoms with van der Waals surface area (Å²) in [6.45, 7) is 6.84. The smallest absolute Gasteiger partial charge is 0.277 e. The minimum atomic E-state index is -0.564. The number of carbonyl (C=O) groups is 3. The molecule has 1 fully saturated rings. The highest BCUT2D eigenvalue weighted by molar-refractivity contribution is 6.28. The summed E-state index contributed by atoms with van der Waals surface area (Å²) in [6.07, 6.45) is 1.43. The van der Waals surface area contributed by atoms with Gasteiger partial charge in [-0.15, -0.1) is 0 Å². The number of H-pyrrole nitrogens is 1. The molecule has 7 nitrogen and oxygen atoms in total. The second-order valence-corrected chi connectivity index (χ2v) is 6.41. The summed E-state index contributed by atoms with van der Waals surface area (Å²) in [6, 6.07) is 0. The van der Waals surface area contributed by atoms with E-state index in [4.69, 9.17) is 11.6 Å². The zero-order chi connectivity index (χ0) is 16.7. The van der Waals surface area contributed by atoms with Crippen molar-refractivity contribution in [3.63, 3.8) is 0 Å². The molecule has 8 heteroatoms. The largest absolute Gasteiger partial charge is 0.332 e. The van der Waals surface area contributed by atoms with Crippen molar-refractivity contribution in [1.82, 2.24) is 20.2 Å². The Kier molecular flexibility index (Phi) is 4.10. The van der Waals surface area contributed by atoms with Crippen LogP contribution in [0.25, 0.3) is 6.08 Å². The van der Waals surface area contributed by atoms with Gasteiger partial charge in [0.15, 0.2) is 0 Å². The van der Waals surface area contributed by atoms with Gasteiger partial charge >= 0.3 is 0 Å². The molecule has 22 heavy (non-hydrogen) atoms. The molecule has 1 aliphatic heterocycles. The molecule has 0 radical (unpaired) electrons. The van der Waals surface area contributed by atoms with Gasteiger partial charge in [-0.3, -0.25) is 19.3 Å². The Balaban J connectivity index is 2.46. The third kappa shape index (κ3) is 3.19. The van der Waals surface area contributed by atoms with Gasteiger partial charge in [0.25, 0.3) is 5.91 Å². The summed E-state index contributed by atoms with van der Waals surface area (Å²) < 4.78 is 0. The van der Waals surface area contributed by atoms with E-state index in [1.54, 1.807) is 0 Å². The molecule has 2 rings (SSSR count). The van der Waals surface area contributed by atoms with Crippen molar-refractivity contribution >= 4 is 35.4 Å².